The number of allylic oxidation sites excluding steroid dienone is 2. The highest BCUT2D eigenvalue weighted by molar-refractivity contribution is 5.97. The summed E-state index contributed by atoms with van der Waals surface area (Å²) in [7, 11) is 3.23. The van der Waals surface area contributed by atoms with E-state index in [-0.39, 0.29) is 49.8 Å². The van der Waals surface area contributed by atoms with E-state index in [4.69, 9.17) is 0 Å². The van der Waals surface area contributed by atoms with Gasteiger partial charge in [0.05, 0.1) is 37.0 Å². The Morgan fingerprint density at radius 3 is 1.37 bits per heavy atom. The van der Waals surface area contributed by atoms with Gasteiger partial charge in [0.15, 0.2) is 0 Å². The molecule has 2 heterocycles. The summed E-state index contributed by atoms with van der Waals surface area (Å²) in [5, 5.41) is 23.0. The molecule has 2 aromatic rings. The number of benzene rings is 2. The molecule has 2 saturated heterocycles. The van der Waals surface area contributed by atoms with Gasteiger partial charge in [0.25, 0.3) is 0 Å². The monoisotopic (exact) mass is 965 g/mol. The third kappa shape index (κ3) is 14.1. The number of nitrogens with one attached hydrogen (secondary N) is 8. The Kier molecular flexibility index (Phi) is 19.7. The number of carbonyl (C=O) groups excluding carboxylic acids is 8. The summed E-state index contributed by atoms with van der Waals surface area (Å²) >= 11 is 0. The molecular weight excluding hydrogens is 893 g/mol. The number of rotatable bonds is 21. The van der Waals surface area contributed by atoms with Gasteiger partial charge in [0.2, 0.25) is 47.3 Å². The molecule has 2 aromatic carbocycles. The number of amides is 8. The van der Waals surface area contributed by atoms with Crippen molar-refractivity contribution in [3.63, 3.8) is 0 Å². The molecular formula is C52H72N10O8. The van der Waals surface area contributed by atoms with E-state index in [0.29, 0.717) is 38.8 Å². The molecule has 0 spiro atoms. The molecule has 8 amide bonds. The zero-order valence-electron chi connectivity index (χ0n) is 41.0. The second kappa shape index (κ2) is 26.0. The van der Waals surface area contributed by atoms with Crippen LogP contribution < -0.4 is 42.5 Å². The van der Waals surface area contributed by atoms with Crippen LogP contribution in [0.25, 0.3) is 0 Å². The lowest BCUT2D eigenvalue weighted by Gasteiger charge is -2.31. The van der Waals surface area contributed by atoms with Crippen LogP contribution in [-0.4, -0.2) is 134 Å². The van der Waals surface area contributed by atoms with Crippen molar-refractivity contribution in [2.24, 2.45) is 0 Å². The number of carbonyl (C=O) groups is 8. The minimum Gasteiger partial charge on any atom is -0.353 e. The lowest BCUT2D eigenvalue weighted by Crippen LogP contribution is -2.56. The van der Waals surface area contributed by atoms with Crippen molar-refractivity contribution in [3.05, 3.63) is 95.1 Å². The highest BCUT2D eigenvalue weighted by atomic mass is 16.2. The van der Waals surface area contributed by atoms with E-state index < -0.39 is 71.7 Å². The van der Waals surface area contributed by atoms with Crippen LogP contribution in [0.4, 0.5) is 0 Å². The Balaban J connectivity index is 0.977. The Morgan fingerprint density at radius 2 is 0.971 bits per heavy atom. The van der Waals surface area contributed by atoms with Gasteiger partial charge in [0, 0.05) is 26.2 Å². The quantitative estimate of drug-likeness (QED) is 0.0843. The summed E-state index contributed by atoms with van der Waals surface area (Å²) in [4.78, 5) is 111. The predicted molar refractivity (Wildman–Crippen MR) is 264 cm³/mol. The summed E-state index contributed by atoms with van der Waals surface area (Å²) < 4.78 is 0. The fraction of sp³-hybridized carbons (Fsp3) is 0.538. The van der Waals surface area contributed by atoms with Crippen molar-refractivity contribution in [2.75, 3.05) is 40.3 Å². The van der Waals surface area contributed by atoms with Crippen LogP contribution in [0.15, 0.2) is 72.8 Å². The number of hydrogen-bond acceptors (Lipinski definition) is 10. The van der Waals surface area contributed by atoms with Gasteiger partial charge in [-0.3, -0.25) is 38.4 Å². The maximum Gasteiger partial charge on any atom is 0.246 e. The second-order valence-electron chi connectivity index (χ2n) is 18.7. The fourth-order valence-electron chi connectivity index (χ4n) is 9.76. The fourth-order valence-corrected chi connectivity index (χ4v) is 9.76. The van der Waals surface area contributed by atoms with Crippen LogP contribution in [0, 0.1) is 0 Å². The van der Waals surface area contributed by atoms with Crippen molar-refractivity contribution in [2.45, 2.75) is 139 Å². The molecule has 0 aromatic heterocycles. The molecule has 8 atom stereocenters. The number of nitrogens with zero attached hydrogens (tertiary/aromatic N) is 2. The maximum absolute atomic E-state index is 14.1. The van der Waals surface area contributed by atoms with E-state index in [9.17, 15) is 38.4 Å². The first kappa shape index (κ1) is 53.0. The highest BCUT2D eigenvalue weighted by Crippen LogP contribution is 2.32. The summed E-state index contributed by atoms with van der Waals surface area (Å²) in [6, 6.07) is 10.7. The Bertz CT molecular complexity index is 2110. The number of likely N-dealkylation sites (tertiary alicyclic amines) is 2. The molecule has 4 aliphatic rings. The van der Waals surface area contributed by atoms with Crippen LogP contribution >= 0.6 is 0 Å². The van der Waals surface area contributed by atoms with Crippen molar-refractivity contribution < 1.29 is 38.4 Å². The number of fused-ring (bicyclic) bond motifs is 2. The van der Waals surface area contributed by atoms with Gasteiger partial charge < -0.3 is 52.3 Å². The van der Waals surface area contributed by atoms with E-state index in [2.05, 4.69) is 54.7 Å². The minimum absolute atomic E-state index is 0.104. The smallest absolute Gasteiger partial charge is 0.246 e. The maximum atomic E-state index is 14.1. The third-order valence-electron chi connectivity index (χ3n) is 13.9. The zero-order valence-corrected chi connectivity index (χ0v) is 41.0. The molecule has 378 valence electrons. The molecule has 0 saturated carbocycles. The summed E-state index contributed by atoms with van der Waals surface area (Å²) in [6.45, 7) is 4.14. The molecule has 6 rings (SSSR count). The number of aryl methyl sites for hydroxylation is 2. The molecule has 18 nitrogen and oxygen atoms in total. The van der Waals surface area contributed by atoms with Crippen molar-refractivity contribution in [1.82, 2.24) is 52.3 Å². The van der Waals surface area contributed by atoms with Gasteiger partial charge in [-0.1, -0.05) is 72.8 Å². The van der Waals surface area contributed by atoms with E-state index in [1.54, 1.807) is 52.2 Å². The van der Waals surface area contributed by atoms with Gasteiger partial charge in [0.1, 0.15) is 24.2 Å². The Morgan fingerprint density at radius 1 is 0.571 bits per heavy atom. The molecule has 70 heavy (non-hydrogen) atoms. The average molecular weight is 965 g/mol. The SMILES string of the molecule is CN[C@@H](C)C(=O)N[C@@H](CC(=O)NC/C=C/C=C/CNC(=O)C[C@H](NC(=O)[C@H](C)NC)C(=O)N1CCC[C@H]1C(=O)N[C@H]1CCCc2ccccc21)C(=O)N1CCC[C@H]1C(=O)N[C@H]1CCCc2ccccc21. The third-order valence-corrected chi connectivity index (χ3v) is 13.9. The van der Waals surface area contributed by atoms with Crippen LogP contribution in [0.5, 0.6) is 0 Å². The van der Waals surface area contributed by atoms with Gasteiger partial charge in [-0.05, 0) is 114 Å². The van der Waals surface area contributed by atoms with E-state index >= 15 is 0 Å². The number of hydrogen-bond donors (Lipinski definition) is 8. The molecule has 0 radical (unpaired) electrons. The van der Waals surface area contributed by atoms with E-state index in [0.717, 1.165) is 49.7 Å². The first-order chi connectivity index (χ1) is 33.8. The van der Waals surface area contributed by atoms with Crippen LogP contribution in [-0.2, 0) is 51.2 Å². The topological polar surface area (TPSA) is 239 Å². The first-order valence-electron chi connectivity index (χ1n) is 25.0. The second-order valence-corrected chi connectivity index (χ2v) is 18.7. The van der Waals surface area contributed by atoms with Crippen LogP contribution in [0.2, 0.25) is 0 Å². The minimum atomic E-state index is -1.20. The van der Waals surface area contributed by atoms with Gasteiger partial charge in [-0.25, -0.2) is 0 Å². The molecule has 18 heteroatoms. The van der Waals surface area contributed by atoms with Gasteiger partial charge in [-0.15, -0.1) is 0 Å². The van der Waals surface area contributed by atoms with E-state index in [1.165, 1.54) is 20.9 Å². The Labute approximate surface area is 411 Å². The van der Waals surface area contributed by atoms with Crippen LogP contribution in [0.3, 0.4) is 0 Å². The standard InChI is InChI=1S/C52H72N10O8/c1-33(53-3)47(65)59-41(51(69)61-29-15-25-43(61)49(67)57-39-23-13-19-35-17-7-9-21-37(35)39)31-45(63)55-27-11-5-6-12-28-56-46(64)32-42(60-48(66)34(2)54-4)52(70)62-30-16-26-44(62)50(68)58-40-24-14-20-36-18-8-10-22-38(36)40/h5-12,17-18,21-22,33-34,39-44,53-54H,13-16,19-20,23-32H2,1-4H3,(H,55,63)(H,56,64)(H,57,67)(H,58,68)(H,59,65)(H,60,66)/b11-5+,12-6+/t33-,34-,39-,40-,41-,42-,43-,44-/m0/s1. The predicted octanol–water partition coefficient (Wildman–Crippen LogP) is 1.67. The highest BCUT2D eigenvalue weighted by Gasteiger charge is 2.41. The number of likely N-dealkylation sites (N-methyl/N-ethyl adjacent to an activating group) is 2. The lowest BCUT2D eigenvalue weighted by atomic mass is 9.87. The molecule has 2 aliphatic heterocycles. The van der Waals surface area contributed by atoms with Gasteiger partial charge in [-0.2, -0.15) is 0 Å². The van der Waals surface area contributed by atoms with E-state index in [1.807, 2.05) is 36.4 Å². The summed E-state index contributed by atoms with van der Waals surface area (Å²) in [5.41, 5.74) is 4.59. The Hall–Kier alpha value is -6.40. The lowest BCUT2D eigenvalue weighted by molar-refractivity contribution is -0.143. The van der Waals surface area contributed by atoms with Gasteiger partial charge >= 0.3 is 0 Å². The average Bonchev–Trinajstić information content (AvgIpc) is 4.08. The summed E-state index contributed by atoms with van der Waals surface area (Å²) in [6.07, 6.45) is 13.5. The normalized spacial score (nSPS) is 21.4. The van der Waals surface area contributed by atoms with Crippen molar-refractivity contribution in [1.29, 1.82) is 0 Å². The van der Waals surface area contributed by atoms with Crippen molar-refractivity contribution in [3.8, 4) is 0 Å². The van der Waals surface area contributed by atoms with Crippen molar-refractivity contribution >= 4 is 47.3 Å². The van der Waals surface area contributed by atoms with Crippen LogP contribution in [0.1, 0.15) is 112 Å². The molecule has 2 fully saturated rings. The molecule has 0 unspecified atom stereocenters. The molecule has 0 bridgehead atoms. The largest absolute Gasteiger partial charge is 0.353 e. The first-order valence-corrected chi connectivity index (χ1v) is 25.0. The summed E-state index contributed by atoms with van der Waals surface area (Å²) in [5.74, 6) is -3.36. The zero-order chi connectivity index (χ0) is 50.2. The molecule has 2 aliphatic carbocycles. The molecule has 8 N–H and O–H groups in total.